The SMILES string of the molecule is CCC(C)(C)c1ccc(S(=O)(=O)Nc2ccc(OC)c(OC)c2)cc1. The molecule has 0 atom stereocenters. The van der Waals surface area contributed by atoms with Gasteiger partial charge in [-0.05, 0) is 41.7 Å². The van der Waals surface area contributed by atoms with Crippen LogP contribution in [-0.4, -0.2) is 22.6 Å². The van der Waals surface area contributed by atoms with Gasteiger partial charge < -0.3 is 9.47 Å². The standard InChI is InChI=1S/C19H25NO4S/c1-6-19(2,3)14-7-10-16(11-8-14)25(21,22)20-15-9-12-17(23-4)18(13-15)24-5/h7-13,20H,6H2,1-5H3. The minimum Gasteiger partial charge on any atom is -0.493 e. The molecule has 136 valence electrons. The van der Waals surface area contributed by atoms with Gasteiger partial charge in [-0.2, -0.15) is 0 Å². The quantitative estimate of drug-likeness (QED) is 0.801. The van der Waals surface area contributed by atoms with Gasteiger partial charge in [0.25, 0.3) is 10.0 Å². The summed E-state index contributed by atoms with van der Waals surface area (Å²) in [6, 6.07) is 11.9. The van der Waals surface area contributed by atoms with Gasteiger partial charge in [-0.25, -0.2) is 8.42 Å². The van der Waals surface area contributed by atoms with E-state index >= 15 is 0 Å². The molecule has 5 nitrogen and oxygen atoms in total. The van der Waals surface area contributed by atoms with Crippen LogP contribution in [-0.2, 0) is 15.4 Å². The van der Waals surface area contributed by atoms with E-state index in [9.17, 15) is 8.42 Å². The molecule has 0 radical (unpaired) electrons. The number of sulfonamides is 1. The van der Waals surface area contributed by atoms with Gasteiger partial charge in [-0.15, -0.1) is 0 Å². The Hall–Kier alpha value is -2.21. The molecule has 0 bridgehead atoms. The van der Waals surface area contributed by atoms with Gasteiger partial charge in [0.15, 0.2) is 11.5 Å². The number of rotatable bonds is 7. The molecule has 0 aliphatic carbocycles. The summed E-state index contributed by atoms with van der Waals surface area (Å²) in [5, 5.41) is 0. The highest BCUT2D eigenvalue weighted by Crippen LogP contribution is 2.31. The Kier molecular flexibility index (Phi) is 5.62. The van der Waals surface area contributed by atoms with E-state index < -0.39 is 10.0 Å². The van der Waals surface area contributed by atoms with Crippen LogP contribution in [0.4, 0.5) is 5.69 Å². The topological polar surface area (TPSA) is 64.6 Å². The second-order valence-corrected chi connectivity index (χ2v) is 8.12. The van der Waals surface area contributed by atoms with Crippen molar-refractivity contribution in [1.82, 2.24) is 0 Å². The Morgan fingerprint density at radius 2 is 1.56 bits per heavy atom. The minimum atomic E-state index is -3.67. The summed E-state index contributed by atoms with van der Waals surface area (Å²) in [7, 11) is -0.640. The lowest BCUT2D eigenvalue weighted by Crippen LogP contribution is -2.17. The maximum Gasteiger partial charge on any atom is 0.261 e. The lowest BCUT2D eigenvalue weighted by Gasteiger charge is -2.23. The van der Waals surface area contributed by atoms with Gasteiger partial charge in [-0.3, -0.25) is 4.72 Å². The molecule has 2 aromatic carbocycles. The molecule has 0 spiro atoms. The zero-order chi connectivity index (χ0) is 18.7. The van der Waals surface area contributed by atoms with Crippen molar-refractivity contribution in [2.75, 3.05) is 18.9 Å². The number of benzene rings is 2. The Balaban J connectivity index is 2.27. The molecule has 0 aliphatic heterocycles. The first-order valence-electron chi connectivity index (χ1n) is 8.09. The number of nitrogens with one attached hydrogen (secondary N) is 1. The maximum absolute atomic E-state index is 12.6. The Labute approximate surface area is 150 Å². The second-order valence-electron chi connectivity index (χ2n) is 6.44. The van der Waals surface area contributed by atoms with E-state index in [-0.39, 0.29) is 10.3 Å². The lowest BCUT2D eigenvalue weighted by atomic mass is 9.82. The van der Waals surface area contributed by atoms with Crippen LogP contribution in [0.2, 0.25) is 0 Å². The molecule has 1 N–H and O–H groups in total. The van der Waals surface area contributed by atoms with Crippen molar-refractivity contribution in [3.05, 3.63) is 48.0 Å². The average molecular weight is 363 g/mol. The molecular weight excluding hydrogens is 338 g/mol. The number of ether oxygens (including phenoxy) is 2. The molecule has 0 saturated heterocycles. The Morgan fingerprint density at radius 1 is 0.960 bits per heavy atom. The Bertz CT molecular complexity index is 827. The van der Waals surface area contributed by atoms with Crippen LogP contribution in [0.25, 0.3) is 0 Å². The summed E-state index contributed by atoms with van der Waals surface area (Å²) in [5.74, 6) is 0.999. The monoisotopic (exact) mass is 363 g/mol. The highest BCUT2D eigenvalue weighted by Gasteiger charge is 2.20. The van der Waals surface area contributed by atoms with Crippen molar-refractivity contribution in [2.45, 2.75) is 37.5 Å². The lowest BCUT2D eigenvalue weighted by molar-refractivity contribution is 0.355. The molecule has 0 saturated carbocycles. The van der Waals surface area contributed by atoms with Crippen LogP contribution < -0.4 is 14.2 Å². The molecule has 0 fully saturated rings. The van der Waals surface area contributed by atoms with Gasteiger partial charge in [0.05, 0.1) is 24.8 Å². The normalized spacial score (nSPS) is 11.9. The fraction of sp³-hybridized carbons (Fsp3) is 0.368. The van der Waals surface area contributed by atoms with Crippen LogP contribution in [0, 0.1) is 0 Å². The van der Waals surface area contributed by atoms with Gasteiger partial charge in [-0.1, -0.05) is 32.9 Å². The van der Waals surface area contributed by atoms with Gasteiger partial charge in [0.2, 0.25) is 0 Å². The molecule has 25 heavy (non-hydrogen) atoms. The van der Waals surface area contributed by atoms with Crippen LogP contribution in [0.15, 0.2) is 47.4 Å². The molecule has 0 unspecified atom stereocenters. The van der Waals surface area contributed by atoms with E-state index in [0.29, 0.717) is 17.2 Å². The third-order valence-corrected chi connectivity index (χ3v) is 5.86. The van der Waals surface area contributed by atoms with E-state index in [2.05, 4.69) is 25.5 Å². The van der Waals surface area contributed by atoms with E-state index in [1.165, 1.54) is 14.2 Å². The second kappa shape index (κ2) is 7.35. The minimum absolute atomic E-state index is 0.0130. The first-order chi connectivity index (χ1) is 11.7. The van der Waals surface area contributed by atoms with Crippen molar-refractivity contribution in [2.24, 2.45) is 0 Å². The van der Waals surface area contributed by atoms with E-state index in [0.717, 1.165) is 12.0 Å². The van der Waals surface area contributed by atoms with Crippen molar-refractivity contribution in [1.29, 1.82) is 0 Å². The molecule has 0 aromatic heterocycles. The van der Waals surface area contributed by atoms with E-state index in [4.69, 9.17) is 9.47 Å². The van der Waals surface area contributed by atoms with E-state index in [1.54, 1.807) is 30.3 Å². The number of hydrogen-bond donors (Lipinski definition) is 1. The zero-order valence-electron chi connectivity index (χ0n) is 15.3. The van der Waals surface area contributed by atoms with Crippen molar-refractivity contribution >= 4 is 15.7 Å². The largest absolute Gasteiger partial charge is 0.493 e. The van der Waals surface area contributed by atoms with E-state index in [1.807, 2.05) is 12.1 Å². The number of methoxy groups -OCH3 is 2. The smallest absolute Gasteiger partial charge is 0.261 e. The highest BCUT2D eigenvalue weighted by molar-refractivity contribution is 7.92. The summed E-state index contributed by atoms with van der Waals surface area (Å²) in [6.45, 7) is 6.39. The third-order valence-electron chi connectivity index (χ3n) is 4.47. The van der Waals surface area contributed by atoms with Crippen molar-refractivity contribution < 1.29 is 17.9 Å². The van der Waals surface area contributed by atoms with Gasteiger partial charge >= 0.3 is 0 Å². The van der Waals surface area contributed by atoms with Gasteiger partial charge in [0, 0.05) is 6.07 Å². The molecule has 0 amide bonds. The number of anilines is 1. The predicted octanol–water partition coefficient (Wildman–Crippen LogP) is 4.19. The molecule has 2 rings (SSSR count). The average Bonchev–Trinajstić information content (AvgIpc) is 2.61. The van der Waals surface area contributed by atoms with Crippen molar-refractivity contribution in [3.8, 4) is 11.5 Å². The third kappa shape index (κ3) is 4.25. The Morgan fingerprint density at radius 3 is 2.08 bits per heavy atom. The predicted molar refractivity (Wildman–Crippen MR) is 100 cm³/mol. The van der Waals surface area contributed by atoms with Crippen molar-refractivity contribution in [3.63, 3.8) is 0 Å². The summed E-state index contributed by atoms with van der Waals surface area (Å²) >= 11 is 0. The molecule has 0 aliphatic rings. The van der Waals surface area contributed by atoms with Gasteiger partial charge in [0.1, 0.15) is 0 Å². The zero-order valence-corrected chi connectivity index (χ0v) is 16.1. The van der Waals surface area contributed by atoms with Crippen LogP contribution in [0.1, 0.15) is 32.8 Å². The fourth-order valence-corrected chi connectivity index (χ4v) is 3.45. The first-order valence-corrected chi connectivity index (χ1v) is 9.57. The van der Waals surface area contributed by atoms with Crippen LogP contribution in [0.3, 0.4) is 0 Å². The van der Waals surface area contributed by atoms with Crippen LogP contribution >= 0.6 is 0 Å². The molecule has 6 heteroatoms. The molecule has 2 aromatic rings. The van der Waals surface area contributed by atoms with Crippen LogP contribution in [0.5, 0.6) is 11.5 Å². The summed E-state index contributed by atoms with van der Waals surface area (Å²) < 4.78 is 38.1. The first kappa shape index (κ1) is 19.1. The number of hydrogen-bond acceptors (Lipinski definition) is 4. The summed E-state index contributed by atoms with van der Waals surface area (Å²) in [4.78, 5) is 0.220. The maximum atomic E-state index is 12.6. The summed E-state index contributed by atoms with van der Waals surface area (Å²) in [6.07, 6.45) is 0.975. The molecular formula is C19H25NO4S. The summed E-state index contributed by atoms with van der Waals surface area (Å²) in [5.41, 5.74) is 1.54. The molecule has 0 heterocycles. The fourth-order valence-electron chi connectivity index (χ4n) is 2.40. The highest BCUT2D eigenvalue weighted by atomic mass is 32.2.